The van der Waals surface area contributed by atoms with Gasteiger partial charge in [-0.3, -0.25) is 0 Å². The second-order valence-corrected chi connectivity index (χ2v) is 11.3. The molecule has 0 atom stereocenters. The molecule has 2 N–H and O–H groups in total. The van der Waals surface area contributed by atoms with E-state index in [0.29, 0.717) is 5.92 Å². The Morgan fingerprint density at radius 2 is 1.92 bits per heavy atom. The molecule has 0 radical (unpaired) electrons. The summed E-state index contributed by atoms with van der Waals surface area (Å²) >= 11 is 1.82. The number of piperazine rings is 1. The fraction of sp³-hybridized carbons (Fsp3) is 0.321. The van der Waals surface area contributed by atoms with Crippen molar-refractivity contribution in [2.45, 2.75) is 26.7 Å². The van der Waals surface area contributed by atoms with E-state index in [1.54, 1.807) is 6.33 Å². The SMILES string of the molecule is Cc1cc(-c2[nH]c3cc(-c4nc5ccc(N6CCNCC6)cc5n4C)sc3c2C(C)C)cn2ncnc12. The van der Waals surface area contributed by atoms with Crippen molar-refractivity contribution in [1.82, 2.24) is 34.4 Å². The minimum absolute atomic E-state index is 0.365. The van der Waals surface area contributed by atoms with Crippen LogP contribution in [0.25, 0.3) is 48.9 Å². The maximum absolute atomic E-state index is 5.05. The zero-order valence-corrected chi connectivity index (χ0v) is 22.4. The molecule has 1 aliphatic rings. The lowest BCUT2D eigenvalue weighted by molar-refractivity contribution is 0.589. The van der Waals surface area contributed by atoms with Crippen LogP contribution in [-0.2, 0) is 7.05 Å². The maximum Gasteiger partial charge on any atom is 0.158 e. The maximum atomic E-state index is 5.05. The number of aromatic nitrogens is 6. The summed E-state index contributed by atoms with van der Waals surface area (Å²) in [5.74, 6) is 1.38. The molecule has 8 nitrogen and oxygen atoms in total. The number of benzene rings is 1. The van der Waals surface area contributed by atoms with Crippen molar-refractivity contribution in [1.29, 1.82) is 0 Å². The monoisotopic (exact) mass is 510 g/mol. The van der Waals surface area contributed by atoms with Gasteiger partial charge in [-0.15, -0.1) is 11.3 Å². The highest BCUT2D eigenvalue weighted by atomic mass is 32.1. The summed E-state index contributed by atoms with van der Waals surface area (Å²) < 4.78 is 5.40. The van der Waals surface area contributed by atoms with Crippen molar-refractivity contribution in [3.8, 4) is 22.0 Å². The molecule has 37 heavy (non-hydrogen) atoms. The summed E-state index contributed by atoms with van der Waals surface area (Å²) in [7, 11) is 2.13. The number of rotatable bonds is 4. The van der Waals surface area contributed by atoms with Gasteiger partial charge < -0.3 is 19.8 Å². The Labute approximate surface area is 219 Å². The van der Waals surface area contributed by atoms with Gasteiger partial charge in [-0.05, 0) is 54.3 Å². The van der Waals surface area contributed by atoms with Crippen LogP contribution in [0.1, 0.15) is 30.9 Å². The van der Waals surface area contributed by atoms with Gasteiger partial charge in [-0.1, -0.05) is 13.8 Å². The number of hydrogen-bond donors (Lipinski definition) is 2. The Kier molecular flexibility index (Phi) is 5.12. The molecule has 0 bridgehead atoms. The van der Waals surface area contributed by atoms with Gasteiger partial charge in [0.2, 0.25) is 0 Å². The van der Waals surface area contributed by atoms with Gasteiger partial charge in [0.1, 0.15) is 6.33 Å². The first-order chi connectivity index (χ1) is 18.0. The number of nitrogens with one attached hydrogen (secondary N) is 2. The Hall–Kier alpha value is -3.69. The molecule has 9 heteroatoms. The molecule has 1 aromatic carbocycles. The third-order valence-electron chi connectivity index (χ3n) is 7.50. The molecular formula is C28H30N8S. The number of H-pyrrole nitrogens is 1. The topological polar surface area (TPSA) is 79.1 Å². The zero-order chi connectivity index (χ0) is 25.3. The average molecular weight is 511 g/mol. The van der Waals surface area contributed by atoms with Crippen molar-refractivity contribution in [2.75, 3.05) is 31.1 Å². The first kappa shape index (κ1) is 22.5. The van der Waals surface area contributed by atoms with Gasteiger partial charge in [-0.2, -0.15) is 5.10 Å². The van der Waals surface area contributed by atoms with E-state index < -0.39 is 0 Å². The molecule has 188 valence electrons. The lowest BCUT2D eigenvalue weighted by atomic mass is 9.99. The summed E-state index contributed by atoms with van der Waals surface area (Å²) in [6, 6.07) is 11.1. The molecule has 7 rings (SSSR count). The Morgan fingerprint density at radius 3 is 2.73 bits per heavy atom. The average Bonchev–Trinajstić information content (AvgIpc) is 3.66. The van der Waals surface area contributed by atoms with Gasteiger partial charge in [-0.25, -0.2) is 14.5 Å². The molecule has 6 aromatic rings. The highest BCUT2D eigenvalue weighted by molar-refractivity contribution is 7.22. The molecular weight excluding hydrogens is 480 g/mol. The summed E-state index contributed by atoms with van der Waals surface area (Å²) in [5.41, 5.74) is 10.3. The van der Waals surface area contributed by atoms with E-state index in [9.17, 15) is 0 Å². The number of fused-ring (bicyclic) bond motifs is 3. The van der Waals surface area contributed by atoms with Crippen molar-refractivity contribution in [3.05, 3.63) is 54.0 Å². The predicted octanol–water partition coefficient (Wildman–Crippen LogP) is 5.33. The second kappa shape index (κ2) is 8.43. The highest BCUT2D eigenvalue weighted by Crippen LogP contribution is 2.43. The number of nitrogens with zero attached hydrogens (tertiary/aromatic N) is 6. The smallest absolute Gasteiger partial charge is 0.158 e. The number of aryl methyl sites for hydroxylation is 2. The van der Waals surface area contributed by atoms with Crippen LogP contribution in [0.2, 0.25) is 0 Å². The van der Waals surface area contributed by atoms with Gasteiger partial charge in [0.15, 0.2) is 11.5 Å². The standard InChI is InChI=1S/C28H30N8S/c1-16(2)24-25(18-11-17(3)27-30-15-31-36(27)14-18)32-21-13-23(37-26(21)24)28-33-20-6-5-19(12-22(20)34(28)4)35-9-7-29-8-10-35/h5-6,11-16,29,32H,7-10H2,1-4H3. The summed E-state index contributed by atoms with van der Waals surface area (Å²) in [5, 5.41) is 7.82. The lowest BCUT2D eigenvalue weighted by Gasteiger charge is -2.29. The predicted molar refractivity (Wildman–Crippen MR) is 152 cm³/mol. The van der Waals surface area contributed by atoms with E-state index in [-0.39, 0.29) is 0 Å². The van der Waals surface area contributed by atoms with Crippen LogP contribution in [0, 0.1) is 6.92 Å². The normalized spacial score (nSPS) is 14.7. The summed E-state index contributed by atoms with van der Waals surface area (Å²) in [6.45, 7) is 10.7. The Bertz CT molecular complexity index is 1780. The summed E-state index contributed by atoms with van der Waals surface area (Å²) in [6.07, 6.45) is 3.68. The van der Waals surface area contributed by atoms with Crippen molar-refractivity contribution < 1.29 is 0 Å². The molecule has 0 saturated carbocycles. The number of anilines is 1. The van der Waals surface area contributed by atoms with Crippen LogP contribution < -0.4 is 10.2 Å². The Balaban J connectivity index is 1.32. The van der Waals surface area contributed by atoms with Gasteiger partial charge >= 0.3 is 0 Å². The molecule has 0 amide bonds. The molecule has 1 fully saturated rings. The quantitative estimate of drug-likeness (QED) is 0.335. The minimum Gasteiger partial charge on any atom is -0.369 e. The lowest BCUT2D eigenvalue weighted by Crippen LogP contribution is -2.43. The molecule has 6 heterocycles. The van der Waals surface area contributed by atoms with Gasteiger partial charge in [0.05, 0.1) is 31.8 Å². The van der Waals surface area contributed by atoms with E-state index in [1.165, 1.54) is 26.3 Å². The van der Waals surface area contributed by atoms with E-state index in [1.807, 2.05) is 15.9 Å². The summed E-state index contributed by atoms with van der Waals surface area (Å²) in [4.78, 5) is 16.8. The van der Waals surface area contributed by atoms with E-state index in [2.05, 4.69) is 94.2 Å². The van der Waals surface area contributed by atoms with Crippen LogP contribution in [0.5, 0.6) is 0 Å². The second-order valence-electron chi connectivity index (χ2n) is 10.3. The number of thiophene rings is 1. The van der Waals surface area contributed by atoms with E-state index in [4.69, 9.17) is 4.98 Å². The fourth-order valence-corrected chi connectivity index (χ4v) is 6.98. The van der Waals surface area contributed by atoms with Crippen molar-refractivity contribution in [2.24, 2.45) is 7.05 Å². The first-order valence-electron chi connectivity index (χ1n) is 12.9. The van der Waals surface area contributed by atoms with Crippen LogP contribution in [0.4, 0.5) is 5.69 Å². The fourth-order valence-electron chi connectivity index (χ4n) is 5.64. The first-order valence-corrected chi connectivity index (χ1v) is 13.7. The van der Waals surface area contributed by atoms with Crippen LogP contribution >= 0.6 is 11.3 Å². The largest absolute Gasteiger partial charge is 0.369 e. The number of pyridine rings is 1. The van der Waals surface area contributed by atoms with E-state index in [0.717, 1.165) is 65.5 Å². The van der Waals surface area contributed by atoms with Crippen LogP contribution in [0.3, 0.4) is 0 Å². The molecule has 0 unspecified atom stereocenters. The number of aromatic amines is 1. The highest BCUT2D eigenvalue weighted by Gasteiger charge is 2.22. The zero-order valence-electron chi connectivity index (χ0n) is 21.5. The molecule has 1 saturated heterocycles. The van der Waals surface area contributed by atoms with Gasteiger partial charge in [0, 0.05) is 50.7 Å². The third kappa shape index (κ3) is 3.56. The number of hydrogen-bond acceptors (Lipinski definition) is 6. The van der Waals surface area contributed by atoms with Crippen molar-refractivity contribution in [3.63, 3.8) is 0 Å². The van der Waals surface area contributed by atoms with Crippen LogP contribution in [-0.4, -0.2) is 55.3 Å². The Morgan fingerprint density at radius 1 is 1.08 bits per heavy atom. The molecule has 5 aromatic heterocycles. The molecule has 1 aliphatic heterocycles. The van der Waals surface area contributed by atoms with Crippen molar-refractivity contribution >= 4 is 43.9 Å². The van der Waals surface area contributed by atoms with E-state index >= 15 is 0 Å². The molecule has 0 aliphatic carbocycles. The van der Waals surface area contributed by atoms with Crippen LogP contribution in [0.15, 0.2) is 42.9 Å². The third-order valence-corrected chi connectivity index (χ3v) is 8.66. The number of imidazole rings is 1. The molecule has 0 spiro atoms. The van der Waals surface area contributed by atoms with Gasteiger partial charge in [0.25, 0.3) is 0 Å². The minimum atomic E-state index is 0.365.